The van der Waals surface area contributed by atoms with Crippen LogP contribution in [0.15, 0.2) is 0 Å². The largest absolute Gasteiger partial charge is 0.726 e. The SMILES string of the molecule is [Ac].[NH-]C1COC(COS(=O)(=O)[O-])CC1O. The number of nitrogens with one attached hydrogen (secondary N) is 1. The minimum atomic E-state index is -4.71. The molecule has 0 saturated carbocycles. The van der Waals surface area contributed by atoms with Gasteiger partial charge in [-0.1, -0.05) is 6.04 Å². The van der Waals surface area contributed by atoms with Crippen molar-refractivity contribution in [2.45, 2.75) is 24.7 Å². The summed E-state index contributed by atoms with van der Waals surface area (Å²) in [5.74, 6) is 0. The predicted octanol–water partition coefficient (Wildman–Crippen LogP) is -0.966. The minimum Gasteiger partial charge on any atom is -0.726 e. The van der Waals surface area contributed by atoms with Gasteiger partial charge in [-0.3, -0.25) is 4.18 Å². The summed E-state index contributed by atoms with van der Waals surface area (Å²) in [5.41, 5.74) is 7.23. The maximum atomic E-state index is 10.1. The fraction of sp³-hybridized carbons (Fsp3) is 1.00. The fourth-order valence-corrected chi connectivity index (χ4v) is 1.45. The molecule has 2 N–H and O–H groups in total. The van der Waals surface area contributed by atoms with Gasteiger partial charge in [-0.25, -0.2) is 8.42 Å². The first-order valence-corrected chi connectivity index (χ1v) is 5.33. The van der Waals surface area contributed by atoms with E-state index in [1.165, 1.54) is 0 Å². The molecule has 15 heavy (non-hydrogen) atoms. The van der Waals surface area contributed by atoms with Gasteiger partial charge in [0.05, 0.1) is 12.7 Å². The molecule has 0 aliphatic carbocycles. The van der Waals surface area contributed by atoms with Crippen LogP contribution < -0.4 is 0 Å². The molecule has 1 aliphatic rings. The Morgan fingerprint density at radius 2 is 2.20 bits per heavy atom. The first-order valence-electron chi connectivity index (χ1n) is 3.99. The summed E-state index contributed by atoms with van der Waals surface area (Å²) in [6, 6.07) is -0.727. The Bertz CT molecular complexity index is 283. The Balaban J connectivity index is 0.00000196. The molecule has 1 fully saturated rings. The topological polar surface area (TPSA) is 120 Å². The van der Waals surface area contributed by atoms with Gasteiger partial charge >= 0.3 is 0 Å². The van der Waals surface area contributed by atoms with E-state index in [0.29, 0.717) is 0 Å². The van der Waals surface area contributed by atoms with Crippen LogP contribution >= 0.6 is 0 Å². The zero-order valence-electron chi connectivity index (χ0n) is 7.83. The molecule has 1 heterocycles. The number of rotatable bonds is 3. The van der Waals surface area contributed by atoms with Crippen molar-refractivity contribution in [3.05, 3.63) is 5.73 Å². The smallest absolute Gasteiger partial charge is 0.217 e. The van der Waals surface area contributed by atoms with Crippen LogP contribution in [-0.4, -0.2) is 49.5 Å². The number of hydrogen-bond donors (Lipinski definition) is 1. The molecular formula is C6H11AcNO6S-2. The normalized spacial score (nSPS) is 32.1. The van der Waals surface area contributed by atoms with E-state index in [0.717, 1.165) is 0 Å². The summed E-state index contributed by atoms with van der Waals surface area (Å²) in [6.45, 7) is -0.399. The van der Waals surface area contributed by atoms with Crippen molar-refractivity contribution in [1.29, 1.82) is 0 Å². The molecule has 0 bridgehead atoms. The van der Waals surface area contributed by atoms with Crippen LogP contribution in [0.3, 0.4) is 0 Å². The van der Waals surface area contributed by atoms with E-state index in [4.69, 9.17) is 10.5 Å². The van der Waals surface area contributed by atoms with E-state index >= 15 is 0 Å². The summed E-state index contributed by atoms with van der Waals surface area (Å²) < 4.78 is 39.2. The van der Waals surface area contributed by atoms with Crippen LogP contribution in [0.25, 0.3) is 5.73 Å². The van der Waals surface area contributed by atoms with E-state index in [2.05, 4.69) is 4.18 Å². The van der Waals surface area contributed by atoms with Crippen molar-refractivity contribution < 1.29 is 71.1 Å². The monoisotopic (exact) mass is 452 g/mol. The van der Waals surface area contributed by atoms with Gasteiger partial charge in [-0.2, -0.15) is 0 Å². The van der Waals surface area contributed by atoms with Crippen molar-refractivity contribution in [1.82, 2.24) is 0 Å². The van der Waals surface area contributed by atoms with Gasteiger partial charge in [0.2, 0.25) is 10.4 Å². The third kappa shape index (κ3) is 6.48. The zero-order chi connectivity index (χ0) is 10.8. The first kappa shape index (κ1) is 16.2. The molecule has 1 rings (SSSR count). The van der Waals surface area contributed by atoms with E-state index < -0.39 is 35.3 Å². The van der Waals surface area contributed by atoms with Crippen LogP contribution in [0.4, 0.5) is 0 Å². The Hall–Kier alpha value is 1.19. The van der Waals surface area contributed by atoms with E-state index in [1.54, 1.807) is 0 Å². The Morgan fingerprint density at radius 1 is 1.60 bits per heavy atom. The van der Waals surface area contributed by atoms with Gasteiger partial charge in [-0.15, -0.1) is 0 Å². The maximum Gasteiger partial charge on any atom is 0.217 e. The van der Waals surface area contributed by atoms with Crippen molar-refractivity contribution in [3.8, 4) is 0 Å². The summed E-state index contributed by atoms with van der Waals surface area (Å²) in [7, 11) is -4.71. The average molecular weight is 452 g/mol. The molecular weight excluding hydrogens is 441 g/mol. The average Bonchev–Trinajstić information content (AvgIpc) is 2.06. The Kier molecular flexibility index (Phi) is 7.35. The molecule has 7 nitrogen and oxygen atoms in total. The number of aliphatic hydroxyl groups excluding tert-OH is 1. The van der Waals surface area contributed by atoms with Crippen LogP contribution in [0.5, 0.6) is 0 Å². The van der Waals surface area contributed by atoms with E-state index in [-0.39, 0.29) is 57.1 Å². The van der Waals surface area contributed by atoms with Crippen LogP contribution in [-0.2, 0) is 19.3 Å². The van der Waals surface area contributed by atoms with E-state index in [9.17, 15) is 18.1 Å². The molecule has 1 saturated heterocycles. The maximum absolute atomic E-state index is 10.1. The summed E-state index contributed by atoms with van der Waals surface area (Å²) in [5, 5.41) is 9.23. The molecule has 1 aliphatic heterocycles. The minimum absolute atomic E-state index is 0. The van der Waals surface area contributed by atoms with Crippen molar-refractivity contribution in [2.24, 2.45) is 0 Å². The van der Waals surface area contributed by atoms with Crippen molar-refractivity contribution in [2.75, 3.05) is 13.2 Å². The van der Waals surface area contributed by atoms with Gasteiger partial charge in [0, 0.05) is 63.2 Å². The van der Waals surface area contributed by atoms with Gasteiger partial charge in [-0.05, 0) is 0 Å². The molecule has 3 unspecified atom stereocenters. The van der Waals surface area contributed by atoms with Crippen LogP contribution in [0.1, 0.15) is 6.42 Å². The van der Waals surface area contributed by atoms with Gasteiger partial charge in [0.15, 0.2) is 0 Å². The summed E-state index contributed by atoms with van der Waals surface area (Å²) in [4.78, 5) is 0. The molecule has 87 valence electrons. The molecule has 3 atom stereocenters. The molecule has 9 heteroatoms. The molecule has 0 spiro atoms. The van der Waals surface area contributed by atoms with Gasteiger partial charge in [0.1, 0.15) is 0 Å². The quantitative estimate of drug-likeness (QED) is 0.435. The standard InChI is InChI=1S/C6H12NO6S.Ac/c7-5-3-12-4(1-6(5)8)2-13-14(9,10)11;/h4-8H,1-3H2,(H,9,10,11);/q-1;/p-1. The van der Waals surface area contributed by atoms with Gasteiger partial charge < -0.3 is 20.1 Å². The Morgan fingerprint density at radius 3 is 2.67 bits per heavy atom. The second-order valence-corrected chi connectivity index (χ2v) is 4.11. The van der Waals surface area contributed by atoms with Crippen LogP contribution in [0.2, 0.25) is 0 Å². The summed E-state index contributed by atoms with van der Waals surface area (Å²) in [6.07, 6.45) is -1.41. The zero-order valence-corrected chi connectivity index (χ0v) is 13.4. The Labute approximate surface area is 124 Å². The number of aliphatic hydroxyl groups is 1. The molecule has 1 radical (unpaired) electrons. The molecule has 0 aromatic rings. The summed E-state index contributed by atoms with van der Waals surface area (Å²) >= 11 is 0. The number of ether oxygens (including phenoxy) is 1. The van der Waals surface area contributed by atoms with Crippen LogP contribution in [0, 0.1) is 44.1 Å². The third-order valence-corrected chi connectivity index (χ3v) is 2.30. The fourth-order valence-electron chi connectivity index (χ4n) is 1.13. The van der Waals surface area contributed by atoms with Crippen molar-refractivity contribution >= 4 is 10.4 Å². The van der Waals surface area contributed by atoms with Crippen molar-refractivity contribution in [3.63, 3.8) is 0 Å². The second kappa shape index (κ2) is 6.81. The second-order valence-electron chi connectivity index (χ2n) is 3.06. The van der Waals surface area contributed by atoms with E-state index in [1.807, 2.05) is 0 Å². The third-order valence-electron chi connectivity index (χ3n) is 1.88. The molecule has 0 aromatic heterocycles. The predicted molar refractivity (Wildman–Crippen MR) is 44.1 cm³/mol. The van der Waals surface area contributed by atoms with Gasteiger partial charge in [0.25, 0.3) is 0 Å². The molecule has 0 aromatic carbocycles. The first-order chi connectivity index (χ1) is 6.38. The number of hydrogen-bond acceptors (Lipinski definition) is 6. The molecule has 0 amide bonds.